The number of nitrogens with zero attached hydrogens (tertiary/aromatic N) is 1. The second-order valence-electron chi connectivity index (χ2n) is 2.60. The van der Waals surface area contributed by atoms with E-state index in [2.05, 4.69) is 4.98 Å². The minimum absolute atomic E-state index is 0.765. The molecule has 2 nitrogen and oxygen atoms in total. The molecule has 0 amide bonds. The van der Waals surface area contributed by atoms with Gasteiger partial charge in [-0.05, 0) is 13.0 Å². The molecule has 2 rings (SSSR count). The topological polar surface area (TPSA) is 30.0 Å². The maximum atomic E-state index is 10.5. The lowest BCUT2D eigenvalue weighted by molar-refractivity contribution is 0.112. The predicted octanol–water partition coefficient (Wildman–Crippen LogP) is 2.99. The second kappa shape index (κ2) is 3.40. The number of hydrogen-bond acceptors (Lipinski definition) is 4. The Morgan fingerprint density at radius 3 is 2.92 bits per heavy atom. The van der Waals surface area contributed by atoms with Crippen molar-refractivity contribution in [2.45, 2.75) is 6.92 Å². The van der Waals surface area contributed by atoms with Crippen LogP contribution in [-0.2, 0) is 0 Å². The van der Waals surface area contributed by atoms with Crippen LogP contribution in [-0.4, -0.2) is 11.3 Å². The molecular formula is C9H7NOS2. The van der Waals surface area contributed by atoms with E-state index in [4.69, 9.17) is 0 Å². The van der Waals surface area contributed by atoms with E-state index >= 15 is 0 Å². The fraction of sp³-hybridized carbons (Fsp3) is 0.111. The highest BCUT2D eigenvalue weighted by Gasteiger charge is 2.04. The molecule has 2 heterocycles. The van der Waals surface area contributed by atoms with Gasteiger partial charge in [0.1, 0.15) is 0 Å². The van der Waals surface area contributed by atoms with E-state index in [-0.39, 0.29) is 0 Å². The smallest absolute Gasteiger partial charge is 0.160 e. The average molecular weight is 209 g/mol. The van der Waals surface area contributed by atoms with Gasteiger partial charge in [0.15, 0.2) is 6.29 Å². The molecule has 0 aromatic carbocycles. The third kappa shape index (κ3) is 1.68. The maximum Gasteiger partial charge on any atom is 0.160 e. The fourth-order valence-corrected chi connectivity index (χ4v) is 2.59. The summed E-state index contributed by atoms with van der Waals surface area (Å²) in [5.74, 6) is 0. The summed E-state index contributed by atoms with van der Waals surface area (Å²) < 4.78 is 0. The van der Waals surface area contributed by atoms with Gasteiger partial charge in [0.05, 0.1) is 14.8 Å². The van der Waals surface area contributed by atoms with Crippen molar-refractivity contribution in [3.8, 4) is 10.4 Å². The standard InChI is InChI=1S/C9H7NOS2/c1-6-10-3-9(13-6)7-2-8(4-11)12-5-7/h2-5H,1H3. The minimum Gasteiger partial charge on any atom is -0.297 e. The molecule has 0 saturated heterocycles. The number of aromatic nitrogens is 1. The first-order valence-electron chi connectivity index (χ1n) is 3.76. The van der Waals surface area contributed by atoms with Gasteiger partial charge >= 0.3 is 0 Å². The number of hydrogen-bond donors (Lipinski definition) is 0. The lowest BCUT2D eigenvalue weighted by atomic mass is 10.3. The van der Waals surface area contributed by atoms with Gasteiger partial charge in [-0.1, -0.05) is 0 Å². The van der Waals surface area contributed by atoms with Gasteiger partial charge in [0.2, 0.25) is 0 Å². The van der Waals surface area contributed by atoms with Crippen molar-refractivity contribution in [2.75, 3.05) is 0 Å². The summed E-state index contributed by atoms with van der Waals surface area (Å²) >= 11 is 3.11. The van der Waals surface area contributed by atoms with Crippen LogP contribution in [0.3, 0.4) is 0 Å². The molecule has 0 fully saturated rings. The number of carbonyl (C=O) groups excluding carboxylic acids is 1. The lowest BCUT2D eigenvalue weighted by Crippen LogP contribution is -1.66. The van der Waals surface area contributed by atoms with Crippen molar-refractivity contribution < 1.29 is 4.79 Å². The van der Waals surface area contributed by atoms with Gasteiger partial charge in [-0.3, -0.25) is 4.79 Å². The fourth-order valence-electron chi connectivity index (χ4n) is 1.04. The normalized spacial score (nSPS) is 10.2. The van der Waals surface area contributed by atoms with Crippen LogP contribution in [0.15, 0.2) is 17.6 Å². The van der Waals surface area contributed by atoms with Crippen LogP contribution in [0.4, 0.5) is 0 Å². The van der Waals surface area contributed by atoms with E-state index < -0.39 is 0 Å². The zero-order valence-corrected chi connectivity index (χ0v) is 8.61. The average Bonchev–Trinajstić information content (AvgIpc) is 2.71. The highest BCUT2D eigenvalue weighted by atomic mass is 32.1. The number of carbonyl (C=O) groups is 1. The molecule has 2 aromatic rings. The Hall–Kier alpha value is -1.00. The van der Waals surface area contributed by atoms with E-state index in [1.54, 1.807) is 11.3 Å². The first-order valence-corrected chi connectivity index (χ1v) is 5.46. The Morgan fingerprint density at radius 1 is 1.54 bits per heavy atom. The third-order valence-electron chi connectivity index (χ3n) is 1.64. The molecule has 0 radical (unpaired) electrons. The molecule has 0 saturated carbocycles. The quantitative estimate of drug-likeness (QED) is 0.712. The summed E-state index contributed by atoms with van der Waals surface area (Å²) in [7, 11) is 0. The highest BCUT2D eigenvalue weighted by Crippen LogP contribution is 2.29. The molecule has 66 valence electrons. The summed E-state index contributed by atoms with van der Waals surface area (Å²) in [6.45, 7) is 1.97. The Kier molecular flexibility index (Phi) is 2.24. The molecule has 13 heavy (non-hydrogen) atoms. The Labute approximate surface area is 83.9 Å². The van der Waals surface area contributed by atoms with Crippen LogP contribution in [0.2, 0.25) is 0 Å². The van der Waals surface area contributed by atoms with Crippen molar-refractivity contribution in [2.24, 2.45) is 0 Å². The molecule has 2 aromatic heterocycles. The number of aryl methyl sites for hydroxylation is 1. The van der Waals surface area contributed by atoms with Crippen molar-refractivity contribution in [3.05, 3.63) is 27.5 Å². The Morgan fingerprint density at radius 2 is 2.38 bits per heavy atom. The van der Waals surface area contributed by atoms with Crippen LogP contribution >= 0.6 is 22.7 Å². The van der Waals surface area contributed by atoms with Crippen molar-refractivity contribution in [1.29, 1.82) is 0 Å². The van der Waals surface area contributed by atoms with Crippen molar-refractivity contribution in [3.63, 3.8) is 0 Å². The number of aldehydes is 1. The van der Waals surface area contributed by atoms with Crippen LogP contribution in [0.25, 0.3) is 10.4 Å². The van der Waals surface area contributed by atoms with E-state index in [1.165, 1.54) is 11.3 Å². The first kappa shape index (κ1) is 8.59. The molecule has 0 N–H and O–H groups in total. The van der Waals surface area contributed by atoms with Gasteiger partial charge in [-0.2, -0.15) is 0 Å². The van der Waals surface area contributed by atoms with Crippen LogP contribution in [0, 0.1) is 6.92 Å². The zero-order valence-electron chi connectivity index (χ0n) is 6.98. The molecular weight excluding hydrogens is 202 g/mol. The Balaban J connectivity index is 2.40. The van der Waals surface area contributed by atoms with Gasteiger partial charge in [0, 0.05) is 17.1 Å². The predicted molar refractivity (Wildman–Crippen MR) is 55.6 cm³/mol. The monoisotopic (exact) mass is 209 g/mol. The molecule has 0 atom stereocenters. The van der Waals surface area contributed by atoms with Gasteiger partial charge in [-0.25, -0.2) is 4.98 Å². The summed E-state index contributed by atoms with van der Waals surface area (Å²) in [6.07, 6.45) is 2.72. The summed E-state index contributed by atoms with van der Waals surface area (Å²) in [6, 6.07) is 1.89. The number of rotatable bonds is 2. The highest BCUT2D eigenvalue weighted by molar-refractivity contribution is 7.16. The first-order chi connectivity index (χ1) is 6.29. The van der Waals surface area contributed by atoms with E-state index in [1.807, 2.05) is 24.6 Å². The van der Waals surface area contributed by atoms with E-state index in [0.29, 0.717) is 0 Å². The molecule has 0 spiro atoms. The largest absolute Gasteiger partial charge is 0.297 e. The Bertz CT molecular complexity index is 430. The molecule has 0 aliphatic carbocycles. The lowest BCUT2D eigenvalue weighted by Gasteiger charge is -1.85. The third-order valence-corrected chi connectivity index (χ3v) is 3.46. The number of thiazole rings is 1. The van der Waals surface area contributed by atoms with E-state index in [0.717, 1.165) is 26.6 Å². The van der Waals surface area contributed by atoms with Crippen LogP contribution < -0.4 is 0 Å². The summed E-state index contributed by atoms with van der Waals surface area (Å²) in [5, 5.41) is 3.03. The minimum atomic E-state index is 0.765. The molecule has 0 unspecified atom stereocenters. The van der Waals surface area contributed by atoms with Gasteiger partial charge < -0.3 is 0 Å². The van der Waals surface area contributed by atoms with Gasteiger partial charge in [-0.15, -0.1) is 22.7 Å². The number of thiophene rings is 1. The molecule has 0 aliphatic heterocycles. The van der Waals surface area contributed by atoms with Crippen molar-refractivity contribution in [1.82, 2.24) is 4.98 Å². The zero-order chi connectivity index (χ0) is 9.26. The van der Waals surface area contributed by atoms with E-state index in [9.17, 15) is 4.79 Å². The van der Waals surface area contributed by atoms with Crippen molar-refractivity contribution >= 4 is 29.0 Å². The molecule has 4 heteroatoms. The maximum absolute atomic E-state index is 10.5. The van der Waals surface area contributed by atoms with Crippen LogP contribution in [0.5, 0.6) is 0 Å². The molecule has 0 bridgehead atoms. The SMILES string of the molecule is Cc1ncc(-c2csc(C=O)c2)s1. The molecule has 0 aliphatic rings. The summed E-state index contributed by atoms with van der Waals surface area (Å²) in [5.41, 5.74) is 1.10. The second-order valence-corrected chi connectivity index (χ2v) is 4.78. The summed E-state index contributed by atoms with van der Waals surface area (Å²) in [4.78, 5) is 16.5. The van der Waals surface area contributed by atoms with Crippen LogP contribution in [0.1, 0.15) is 14.7 Å². The van der Waals surface area contributed by atoms with Gasteiger partial charge in [0.25, 0.3) is 0 Å².